The van der Waals surface area contributed by atoms with Crippen molar-refractivity contribution in [2.24, 2.45) is 0 Å². The van der Waals surface area contributed by atoms with Crippen molar-refractivity contribution in [3.05, 3.63) is 76.5 Å². The molecular weight excluding hydrogens is 337 g/mol. The molecule has 1 aromatic carbocycles. The predicted octanol–water partition coefficient (Wildman–Crippen LogP) is 3.56. The zero-order valence-electron chi connectivity index (χ0n) is 12.2. The Morgan fingerprint density at radius 3 is 2.79 bits per heavy atom. The molecule has 0 aliphatic heterocycles. The highest BCUT2D eigenvalue weighted by atomic mass is 35.5. The number of nitrogens with zero attached hydrogens (tertiary/aromatic N) is 2. The number of carbonyl (C=O) groups excluding carboxylic acids is 1. The van der Waals surface area contributed by atoms with E-state index in [1.54, 1.807) is 12.1 Å². The molecule has 0 radical (unpaired) electrons. The minimum absolute atomic E-state index is 0.00676. The second-order valence-electron chi connectivity index (χ2n) is 4.92. The van der Waals surface area contributed by atoms with E-state index >= 15 is 0 Å². The standard InChI is InChI=1S/C16H11ClFN3O3/c17-15-11(12(22)6-13(23)16-19-8-20-21-16)7-24-14(15)5-9-1-3-10(18)4-2-9/h1-4,6-8,22H,5H2,(H,19,20,21). The van der Waals surface area contributed by atoms with Gasteiger partial charge in [0.25, 0.3) is 0 Å². The summed E-state index contributed by atoms with van der Waals surface area (Å²) < 4.78 is 18.3. The number of aromatic nitrogens is 3. The van der Waals surface area contributed by atoms with Crippen LogP contribution in [0.3, 0.4) is 0 Å². The Hall–Kier alpha value is -2.93. The number of aromatic amines is 1. The first-order chi connectivity index (χ1) is 11.5. The van der Waals surface area contributed by atoms with E-state index in [9.17, 15) is 14.3 Å². The number of ketones is 1. The lowest BCUT2D eigenvalue weighted by Crippen LogP contribution is -1.99. The maximum absolute atomic E-state index is 12.9. The molecule has 8 heteroatoms. The number of benzene rings is 1. The minimum atomic E-state index is -0.553. The smallest absolute Gasteiger partial charge is 0.226 e. The number of carbonyl (C=O) groups is 1. The van der Waals surface area contributed by atoms with E-state index < -0.39 is 5.78 Å². The average Bonchev–Trinajstić information content (AvgIpc) is 3.20. The number of H-pyrrole nitrogens is 1. The Bertz CT molecular complexity index is 886. The zero-order valence-corrected chi connectivity index (χ0v) is 12.9. The maximum atomic E-state index is 12.9. The monoisotopic (exact) mass is 347 g/mol. The van der Waals surface area contributed by atoms with Gasteiger partial charge >= 0.3 is 0 Å². The quantitative estimate of drug-likeness (QED) is 0.418. The van der Waals surface area contributed by atoms with Gasteiger partial charge in [-0.05, 0) is 17.7 Å². The third-order valence-electron chi connectivity index (χ3n) is 3.27. The van der Waals surface area contributed by atoms with Crippen LogP contribution in [0.25, 0.3) is 5.76 Å². The largest absolute Gasteiger partial charge is 0.507 e. The molecule has 0 atom stereocenters. The van der Waals surface area contributed by atoms with Crippen LogP contribution in [-0.2, 0) is 6.42 Å². The van der Waals surface area contributed by atoms with Crippen molar-refractivity contribution >= 4 is 23.1 Å². The summed E-state index contributed by atoms with van der Waals surface area (Å²) in [5.41, 5.74) is 0.974. The van der Waals surface area contributed by atoms with Crippen molar-refractivity contribution in [3.8, 4) is 0 Å². The highest BCUT2D eigenvalue weighted by Crippen LogP contribution is 2.30. The Kier molecular flexibility index (Phi) is 4.43. The van der Waals surface area contributed by atoms with Crippen molar-refractivity contribution < 1.29 is 18.7 Å². The molecule has 0 aliphatic carbocycles. The van der Waals surface area contributed by atoms with Gasteiger partial charge < -0.3 is 9.52 Å². The lowest BCUT2D eigenvalue weighted by molar-refractivity contribution is 0.103. The van der Waals surface area contributed by atoms with Gasteiger partial charge in [0.15, 0.2) is 5.82 Å². The topological polar surface area (TPSA) is 92.0 Å². The molecule has 2 N–H and O–H groups in total. The van der Waals surface area contributed by atoms with Crippen LogP contribution in [0.5, 0.6) is 0 Å². The van der Waals surface area contributed by atoms with Gasteiger partial charge in [0.05, 0.1) is 10.6 Å². The molecule has 0 fully saturated rings. The number of hydrogen-bond donors (Lipinski definition) is 2. The first kappa shape index (κ1) is 15.9. The number of rotatable bonds is 5. The number of furan rings is 1. The summed E-state index contributed by atoms with van der Waals surface area (Å²) in [5, 5.41) is 16.2. The summed E-state index contributed by atoms with van der Waals surface area (Å²) in [4.78, 5) is 15.5. The van der Waals surface area contributed by atoms with Crippen molar-refractivity contribution in [2.75, 3.05) is 0 Å². The van der Waals surface area contributed by atoms with E-state index in [1.807, 2.05) is 0 Å². The SMILES string of the molecule is O=C(C=C(O)c1coc(Cc2ccc(F)cc2)c1Cl)c1ncn[nH]1. The molecule has 24 heavy (non-hydrogen) atoms. The fourth-order valence-corrected chi connectivity index (χ4v) is 2.31. The Balaban J connectivity index is 1.81. The van der Waals surface area contributed by atoms with Crippen LogP contribution in [0.2, 0.25) is 5.02 Å². The van der Waals surface area contributed by atoms with Crippen molar-refractivity contribution in [3.63, 3.8) is 0 Å². The summed E-state index contributed by atoms with van der Waals surface area (Å²) in [6, 6.07) is 5.88. The van der Waals surface area contributed by atoms with Crippen LogP contribution in [0.15, 0.2) is 47.3 Å². The minimum Gasteiger partial charge on any atom is -0.507 e. The number of allylic oxidation sites excluding steroid dienone is 1. The van der Waals surface area contributed by atoms with E-state index in [0.29, 0.717) is 12.2 Å². The summed E-state index contributed by atoms with van der Waals surface area (Å²) >= 11 is 6.19. The van der Waals surface area contributed by atoms with Crippen LogP contribution < -0.4 is 0 Å². The van der Waals surface area contributed by atoms with Crippen molar-refractivity contribution in [1.29, 1.82) is 0 Å². The average molecular weight is 348 g/mol. The van der Waals surface area contributed by atoms with Crippen molar-refractivity contribution in [1.82, 2.24) is 15.2 Å². The third kappa shape index (κ3) is 3.36. The molecule has 0 aliphatic rings. The van der Waals surface area contributed by atoms with Crippen molar-refractivity contribution in [2.45, 2.75) is 6.42 Å². The fraction of sp³-hybridized carbons (Fsp3) is 0.0625. The highest BCUT2D eigenvalue weighted by Gasteiger charge is 2.17. The zero-order chi connectivity index (χ0) is 17.1. The molecule has 3 rings (SSSR count). The van der Waals surface area contributed by atoms with Gasteiger partial charge in [0, 0.05) is 12.5 Å². The van der Waals surface area contributed by atoms with E-state index in [1.165, 1.54) is 24.7 Å². The number of aliphatic hydroxyl groups excluding tert-OH is 1. The summed E-state index contributed by atoms with van der Waals surface area (Å²) in [5.74, 6) is -0.854. The fourth-order valence-electron chi connectivity index (χ4n) is 2.06. The number of halogens is 2. The van der Waals surface area contributed by atoms with Gasteiger partial charge in [0.1, 0.15) is 29.9 Å². The normalized spacial score (nSPS) is 11.7. The van der Waals surface area contributed by atoms with Crippen LogP contribution in [0, 0.1) is 5.82 Å². The van der Waals surface area contributed by atoms with Crippen LogP contribution in [0.1, 0.15) is 27.5 Å². The molecular formula is C16H11ClFN3O3. The van der Waals surface area contributed by atoms with Gasteiger partial charge in [-0.15, -0.1) is 0 Å². The maximum Gasteiger partial charge on any atom is 0.226 e. The lowest BCUT2D eigenvalue weighted by atomic mass is 10.1. The molecule has 0 amide bonds. The van der Waals surface area contributed by atoms with Gasteiger partial charge in [-0.3, -0.25) is 9.89 Å². The van der Waals surface area contributed by atoms with Gasteiger partial charge in [-0.25, -0.2) is 9.37 Å². The molecule has 3 aromatic rings. The molecule has 2 aromatic heterocycles. The van der Waals surface area contributed by atoms with E-state index in [-0.39, 0.29) is 28.0 Å². The van der Waals surface area contributed by atoms with Crippen LogP contribution >= 0.6 is 11.6 Å². The molecule has 122 valence electrons. The molecule has 0 saturated carbocycles. The number of nitrogens with one attached hydrogen (secondary N) is 1. The third-order valence-corrected chi connectivity index (χ3v) is 3.68. The molecule has 6 nitrogen and oxygen atoms in total. The summed E-state index contributed by atoms with van der Waals surface area (Å²) in [6.07, 6.45) is 3.73. The second kappa shape index (κ2) is 6.67. The van der Waals surface area contributed by atoms with Gasteiger partial charge in [0.2, 0.25) is 5.78 Å². The molecule has 2 heterocycles. The van der Waals surface area contributed by atoms with E-state index in [0.717, 1.165) is 11.6 Å². The summed E-state index contributed by atoms with van der Waals surface area (Å²) in [7, 11) is 0. The Morgan fingerprint density at radius 1 is 1.38 bits per heavy atom. The summed E-state index contributed by atoms with van der Waals surface area (Å²) in [6.45, 7) is 0. The highest BCUT2D eigenvalue weighted by molar-refractivity contribution is 6.33. The number of aliphatic hydroxyl groups is 1. The Labute approximate surface area is 140 Å². The first-order valence-electron chi connectivity index (χ1n) is 6.85. The Morgan fingerprint density at radius 2 is 2.12 bits per heavy atom. The first-order valence-corrected chi connectivity index (χ1v) is 7.23. The lowest BCUT2D eigenvalue weighted by Gasteiger charge is -2.00. The van der Waals surface area contributed by atoms with Crippen LogP contribution in [-0.4, -0.2) is 26.1 Å². The molecule has 0 spiro atoms. The van der Waals surface area contributed by atoms with Gasteiger partial charge in [-0.1, -0.05) is 23.7 Å². The van der Waals surface area contributed by atoms with Crippen LogP contribution in [0.4, 0.5) is 4.39 Å². The predicted molar refractivity (Wildman–Crippen MR) is 84.2 cm³/mol. The second-order valence-corrected chi connectivity index (χ2v) is 5.30. The number of hydrogen-bond acceptors (Lipinski definition) is 5. The molecule has 0 saturated heterocycles. The van der Waals surface area contributed by atoms with E-state index in [2.05, 4.69) is 15.2 Å². The van der Waals surface area contributed by atoms with E-state index in [4.69, 9.17) is 16.0 Å². The van der Waals surface area contributed by atoms with Gasteiger partial charge in [-0.2, -0.15) is 5.10 Å². The molecule has 0 bridgehead atoms. The molecule has 0 unspecified atom stereocenters.